The van der Waals surface area contributed by atoms with Crippen molar-refractivity contribution in [2.75, 3.05) is 0 Å². The molecular weight excluding hydrogens is 176 g/mol. The summed E-state index contributed by atoms with van der Waals surface area (Å²) in [5, 5.41) is 0. The number of ether oxygens (including phenoxy) is 1. The van der Waals surface area contributed by atoms with E-state index in [-0.39, 0.29) is 12.1 Å². The standard InChI is InChI=1S/C12H20O2/c1-2-3-10-12(13)14-11-8-6-4-5-7-9-11/h3,10-11H,2,4-9H2,1H3/b10-3+. The third kappa shape index (κ3) is 4.45. The normalized spacial score (nSPS) is 19.5. The maximum Gasteiger partial charge on any atom is 0.330 e. The molecule has 2 nitrogen and oxygen atoms in total. The number of hydrogen-bond donors (Lipinski definition) is 0. The molecule has 0 aliphatic heterocycles. The second-order valence-electron chi connectivity index (χ2n) is 3.86. The fourth-order valence-corrected chi connectivity index (χ4v) is 1.78. The molecule has 14 heavy (non-hydrogen) atoms. The molecule has 1 aliphatic rings. The van der Waals surface area contributed by atoms with E-state index in [9.17, 15) is 4.79 Å². The van der Waals surface area contributed by atoms with E-state index < -0.39 is 0 Å². The Labute approximate surface area is 86.3 Å². The number of carbonyl (C=O) groups is 1. The molecule has 0 amide bonds. The van der Waals surface area contributed by atoms with Crippen LogP contribution in [-0.4, -0.2) is 12.1 Å². The summed E-state index contributed by atoms with van der Waals surface area (Å²) in [4.78, 5) is 11.3. The molecular formula is C12H20O2. The van der Waals surface area contributed by atoms with E-state index >= 15 is 0 Å². The van der Waals surface area contributed by atoms with Crippen LogP contribution in [0, 0.1) is 0 Å². The van der Waals surface area contributed by atoms with Gasteiger partial charge in [0.05, 0.1) is 0 Å². The van der Waals surface area contributed by atoms with Crippen LogP contribution in [0.4, 0.5) is 0 Å². The maximum atomic E-state index is 11.3. The van der Waals surface area contributed by atoms with E-state index in [1.165, 1.54) is 25.7 Å². The van der Waals surface area contributed by atoms with Gasteiger partial charge in [-0.3, -0.25) is 0 Å². The highest BCUT2D eigenvalue weighted by molar-refractivity contribution is 5.81. The van der Waals surface area contributed by atoms with Crippen LogP contribution < -0.4 is 0 Å². The average molecular weight is 196 g/mol. The third-order valence-electron chi connectivity index (χ3n) is 2.57. The lowest BCUT2D eigenvalue weighted by Crippen LogP contribution is -2.15. The van der Waals surface area contributed by atoms with E-state index in [2.05, 4.69) is 0 Å². The Kier molecular flexibility index (Phi) is 5.35. The first-order chi connectivity index (χ1) is 6.83. The highest BCUT2D eigenvalue weighted by atomic mass is 16.5. The minimum Gasteiger partial charge on any atom is -0.459 e. The fourth-order valence-electron chi connectivity index (χ4n) is 1.78. The largest absolute Gasteiger partial charge is 0.459 e. The highest BCUT2D eigenvalue weighted by Crippen LogP contribution is 2.19. The predicted molar refractivity (Wildman–Crippen MR) is 57.0 cm³/mol. The molecule has 80 valence electrons. The second kappa shape index (κ2) is 6.63. The summed E-state index contributed by atoms with van der Waals surface area (Å²) in [6.45, 7) is 2.01. The van der Waals surface area contributed by atoms with Gasteiger partial charge in [-0.25, -0.2) is 4.79 Å². The van der Waals surface area contributed by atoms with E-state index in [0.29, 0.717) is 0 Å². The zero-order valence-corrected chi connectivity index (χ0v) is 9.00. The molecule has 0 aromatic rings. The molecule has 0 radical (unpaired) electrons. The van der Waals surface area contributed by atoms with Crippen LogP contribution in [-0.2, 0) is 9.53 Å². The Bertz CT molecular complexity index is 188. The predicted octanol–water partition coefficient (Wildman–Crippen LogP) is 3.22. The van der Waals surface area contributed by atoms with Gasteiger partial charge in [-0.2, -0.15) is 0 Å². The molecule has 2 heteroatoms. The van der Waals surface area contributed by atoms with Crippen LogP contribution in [0.15, 0.2) is 12.2 Å². The van der Waals surface area contributed by atoms with Gasteiger partial charge in [0.1, 0.15) is 6.10 Å². The summed E-state index contributed by atoms with van der Waals surface area (Å²) >= 11 is 0. The van der Waals surface area contributed by atoms with E-state index in [4.69, 9.17) is 4.74 Å². The molecule has 1 fully saturated rings. The van der Waals surface area contributed by atoms with Gasteiger partial charge in [-0.1, -0.05) is 25.8 Å². The summed E-state index contributed by atoms with van der Waals surface area (Å²) < 4.78 is 5.35. The molecule has 0 spiro atoms. The number of allylic oxidation sites excluding steroid dienone is 1. The first kappa shape index (κ1) is 11.3. The van der Waals surface area contributed by atoms with Gasteiger partial charge >= 0.3 is 5.97 Å². The van der Waals surface area contributed by atoms with Crippen molar-refractivity contribution in [2.45, 2.75) is 58.0 Å². The number of hydrogen-bond acceptors (Lipinski definition) is 2. The Morgan fingerprint density at radius 2 is 1.93 bits per heavy atom. The molecule has 0 bridgehead atoms. The van der Waals surface area contributed by atoms with Crippen molar-refractivity contribution in [2.24, 2.45) is 0 Å². The van der Waals surface area contributed by atoms with E-state index in [1.807, 2.05) is 13.0 Å². The van der Waals surface area contributed by atoms with Crippen molar-refractivity contribution in [3.8, 4) is 0 Å². The van der Waals surface area contributed by atoms with Gasteiger partial charge in [0.2, 0.25) is 0 Å². The highest BCUT2D eigenvalue weighted by Gasteiger charge is 2.14. The van der Waals surface area contributed by atoms with Gasteiger partial charge in [-0.05, 0) is 32.1 Å². The lowest BCUT2D eigenvalue weighted by Gasteiger charge is -2.13. The fraction of sp³-hybridized carbons (Fsp3) is 0.750. The zero-order chi connectivity index (χ0) is 10.2. The molecule has 1 aliphatic carbocycles. The quantitative estimate of drug-likeness (QED) is 0.393. The van der Waals surface area contributed by atoms with Gasteiger partial charge in [-0.15, -0.1) is 0 Å². The lowest BCUT2D eigenvalue weighted by molar-refractivity contribution is -0.143. The van der Waals surface area contributed by atoms with Crippen molar-refractivity contribution in [3.63, 3.8) is 0 Å². The number of esters is 1. The van der Waals surface area contributed by atoms with Gasteiger partial charge in [0.25, 0.3) is 0 Å². The summed E-state index contributed by atoms with van der Waals surface area (Å²) in [6, 6.07) is 0. The topological polar surface area (TPSA) is 26.3 Å². The second-order valence-corrected chi connectivity index (χ2v) is 3.86. The molecule has 1 rings (SSSR count). The summed E-state index contributed by atoms with van der Waals surface area (Å²) in [5.41, 5.74) is 0. The van der Waals surface area contributed by atoms with Gasteiger partial charge in [0, 0.05) is 6.08 Å². The molecule has 1 saturated carbocycles. The Morgan fingerprint density at radius 3 is 2.50 bits per heavy atom. The molecule has 0 saturated heterocycles. The van der Waals surface area contributed by atoms with E-state index in [1.54, 1.807) is 6.08 Å². The first-order valence-electron chi connectivity index (χ1n) is 5.70. The first-order valence-corrected chi connectivity index (χ1v) is 5.70. The minimum atomic E-state index is -0.168. The molecule has 0 unspecified atom stereocenters. The average Bonchev–Trinajstić information content (AvgIpc) is 2.43. The van der Waals surface area contributed by atoms with Crippen LogP contribution >= 0.6 is 0 Å². The minimum absolute atomic E-state index is 0.168. The summed E-state index contributed by atoms with van der Waals surface area (Å²) in [7, 11) is 0. The van der Waals surface area contributed by atoms with Crippen LogP contribution in [0.5, 0.6) is 0 Å². The Morgan fingerprint density at radius 1 is 1.29 bits per heavy atom. The Balaban J connectivity index is 2.27. The van der Waals surface area contributed by atoms with Crippen molar-refractivity contribution in [1.29, 1.82) is 0 Å². The van der Waals surface area contributed by atoms with Crippen LogP contribution in [0.25, 0.3) is 0 Å². The summed E-state index contributed by atoms with van der Waals surface area (Å²) in [6.07, 6.45) is 11.5. The molecule has 0 N–H and O–H groups in total. The lowest BCUT2D eigenvalue weighted by atomic mass is 10.1. The van der Waals surface area contributed by atoms with Crippen molar-refractivity contribution < 1.29 is 9.53 Å². The maximum absolute atomic E-state index is 11.3. The molecule has 0 aromatic carbocycles. The SMILES string of the molecule is CC/C=C/C(=O)OC1CCCCCC1. The van der Waals surface area contributed by atoms with Crippen molar-refractivity contribution in [3.05, 3.63) is 12.2 Å². The monoisotopic (exact) mass is 196 g/mol. The van der Waals surface area contributed by atoms with E-state index in [0.717, 1.165) is 19.3 Å². The molecule has 0 aromatic heterocycles. The smallest absolute Gasteiger partial charge is 0.330 e. The van der Waals surface area contributed by atoms with Crippen LogP contribution in [0.2, 0.25) is 0 Å². The summed E-state index contributed by atoms with van der Waals surface area (Å²) in [5.74, 6) is -0.168. The van der Waals surface area contributed by atoms with Gasteiger partial charge in [0.15, 0.2) is 0 Å². The number of rotatable bonds is 3. The van der Waals surface area contributed by atoms with Crippen LogP contribution in [0.1, 0.15) is 51.9 Å². The number of carbonyl (C=O) groups excluding carboxylic acids is 1. The molecule has 0 heterocycles. The van der Waals surface area contributed by atoms with Crippen molar-refractivity contribution >= 4 is 5.97 Å². The zero-order valence-electron chi connectivity index (χ0n) is 9.00. The Hall–Kier alpha value is -0.790. The van der Waals surface area contributed by atoms with Gasteiger partial charge < -0.3 is 4.74 Å². The van der Waals surface area contributed by atoms with Crippen molar-refractivity contribution in [1.82, 2.24) is 0 Å². The van der Waals surface area contributed by atoms with Crippen LogP contribution in [0.3, 0.4) is 0 Å². The third-order valence-corrected chi connectivity index (χ3v) is 2.57. The molecule has 0 atom stereocenters.